The van der Waals surface area contributed by atoms with E-state index in [1.165, 1.54) is 0 Å². The summed E-state index contributed by atoms with van der Waals surface area (Å²) >= 11 is 0. The van der Waals surface area contributed by atoms with Crippen molar-refractivity contribution in [3.05, 3.63) is 53.5 Å². The fourth-order valence-corrected chi connectivity index (χ4v) is 3.59. The fraction of sp³-hybridized carbons (Fsp3) is 0.227. The Morgan fingerprint density at radius 1 is 1.23 bits per heavy atom. The summed E-state index contributed by atoms with van der Waals surface area (Å²) in [5.74, 6) is 6.47. The molecule has 4 aromatic rings. The van der Waals surface area contributed by atoms with E-state index < -0.39 is 12.4 Å². The Morgan fingerprint density at radius 3 is 2.83 bits per heavy atom. The maximum Gasteiger partial charge on any atom is 0.229 e. The first-order valence-corrected chi connectivity index (χ1v) is 9.38. The van der Waals surface area contributed by atoms with Crippen LogP contribution in [0.3, 0.4) is 0 Å². The van der Waals surface area contributed by atoms with Crippen molar-refractivity contribution in [1.82, 2.24) is 25.0 Å². The Morgan fingerprint density at radius 2 is 2.10 bits per heavy atom. The van der Waals surface area contributed by atoms with Crippen molar-refractivity contribution in [3.63, 3.8) is 0 Å². The first-order chi connectivity index (χ1) is 15.7. The van der Waals surface area contributed by atoms with E-state index in [1.807, 2.05) is 6.07 Å². The lowest BCUT2D eigenvalue weighted by Crippen LogP contribution is -2.29. The van der Waals surface area contributed by atoms with Gasteiger partial charge in [0.15, 0.2) is 0 Å². The number of carbonyl (C=O) groups is 1. The number of hydrogen-bond donors (Lipinski definition) is 2. The molecular weight excluding hydrogens is 378 g/mol. The van der Waals surface area contributed by atoms with Gasteiger partial charge in [-0.05, 0) is 37.1 Å². The fourth-order valence-electron chi connectivity index (χ4n) is 3.59. The number of anilines is 1. The quantitative estimate of drug-likeness (QED) is 0.508. The van der Waals surface area contributed by atoms with E-state index in [0.29, 0.717) is 46.5 Å². The second-order valence-electron chi connectivity index (χ2n) is 7.29. The van der Waals surface area contributed by atoms with Crippen molar-refractivity contribution in [2.45, 2.75) is 18.3 Å². The van der Waals surface area contributed by atoms with Gasteiger partial charge in [0.2, 0.25) is 5.91 Å². The third kappa shape index (κ3) is 2.75. The van der Waals surface area contributed by atoms with E-state index in [0.717, 1.165) is 15.5 Å². The molecular formula is C22H19N7O. The predicted molar refractivity (Wildman–Crippen MR) is 114 cm³/mol. The molecule has 1 aliphatic rings. The molecule has 0 bridgehead atoms. The van der Waals surface area contributed by atoms with Crippen molar-refractivity contribution in [2.24, 2.45) is 12.7 Å². The van der Waals surface area contributed by atoms with Gasteiger partial charge in [-0.3, -0.25) is 9.78 Å². The molecule has 0 saturated heterocycles. The molecule has 8 nitrogen and oxygen atoms in total. The van der Waals surface area contributed by atoms with Gasteiger partial charge in [0.1, 0.15) is 11.3 Å². The highest BCUT2D eigenvalue weighted by Crippen LogP contribution is 2.47. The summed E-state index contributed by atoms with van der Waals surface area (Å²) in [7, 11) is 1.77. The number of benzene rings is 1. The highest BCUT2D eigenvalue weighted by molar-refractivity contribution is 5.97. The predicted octanol–water partition coefficient (Wildman–Crippen LogP) is 1.87. The second kappa shape index (κ2) is 6.52. The van der Waals surface area contributed by atoms with Gasteiger partial charge in [0, 0.05) is 46.9 Å². The molecule has 30 heavy (non-hydrogen) atoms. The number of nitrogens with two attached hydrogens (primary N) is 1. The average molecular weight is 400 g/mol. The third-order valence-electron chi connectivity index (χ3n) is 5.51. The van der Waals surface area contributed by atoms with Crippen LogP contribution in [0.1, 0.15) is 33.8 Å². The monoisotopic (exact) mass is 400 g/mol. The second-order valence-corrected chi connectivity index (χ2v) is 7.29. The van der Waals surface area contributed by atoms with E-state index in [9.17, 15) is 4.79 Å². The van der Waals surface area contributed by atoms with Crippen molar-refractivity contribution in [2.75, 3.05) is 12.4 Å². The molecule has 0 radical (unpaired) electrons. The zero-order valence-electron chi connectivity index (χ0n) is 19.1. The van der Waals surface area contributed by atoms with Crippen LogP contribution < -0.4 is 11.1 Å². The number of nitrogens with one attached hydrogen (secondary N) is 1. The number of fused-ring (bicyclic) bond motifs is 2. The van der Waals surface area contributed by atoms with Gasteiger partial charge in [-0.1, -0.05) is 17.1 Å². The lowest BCUT2D eigenvalue weighted by Gasteiger charge is -2.13. The summed E-state index contributed by atoms with van der Waals surface area (Å²) in [5.41, 5.74) is 7.65. The van der Waals surface area contributed by atoms with E-state index >= 15 is 0 Å². The molecule has 0 unspecified atom stereocenters. The van der Waals surface area contributed by atoms with Gasteiger partial charge in [0.05, 0.1) is 22.2 Å². The smallest absolute Gasteiger partial charge is 0.229 e. The maximum atomic E-state index is 12.0. The van der Waals surface area contributed by atoms with Gasteiger partial charge in [-0.15, -0.1) is 5.10 Å². The summed E-state index contributed by atoms with van der Waals surface area (Å²) < 4.78 is 23.8. The molecule has 148 valence electrons. The van der Waals surface area contributed by atoms with Crippen LogP contribution in [0.4, 0.5) is 5.82 Å². The minimum Gasteiger partial charge on any atom is -0.373 e. The number of nitrogens with zero attached hydrogens (tertiary/aromatic N) is 5. The van der Waals surface area contributed by atoms with Gasteiger partial charge in [0.25, 0.3) is 0 Å². The highest BCUT2D eigenvalue weighted by atomic mass is 16.1. The van der Waals surface area contributed by atoms with Gasteiger partial charge >= 0.3 is 0 Å². The van der Waals surface area contributed by atoms with Crippen molar-refractivity contribution < 1.29 is 8.91 Å². The van der Waals surface area contributed by atoms with Crippen LogP contribution in [0, 0.1) is 11.8 Å². The largest absolute Gasteiger partial charge is 0.373 e. The standard InChI is InChI=1S/C22H19N7O/c1-24-20-16-12-25-19(22(7-8-22)21(23)30)10-15(16)14(11-26-20)5-3-13-4-6-17-18(9-13)29(2)28-27-17/h4,6,9-12H,7-8H2,1-2H3,(H2,23,30)(H,24,26)/i2D3. The SMILES string of the molecule is [2H]C([2H])([2H])n1nnc2ccc(C#Cc3cnc(NC)c4cnc(C5(C(N)=O)CC5)cc34)cc21. The number of carbonyl (C=O) groups excluding carboxylic acids is 1. The number of amides is 1. The third-order valence-corrected chi connectivity index (χ3v) is 5.51. The van der Waals surface area contributed by atoms with Gasteiger partial charge in [-0.2, -0.15) is 0 Å². The number of rotatable bonds is 3. The molecule has 0 spiro atoms. The molecule has 5 rings (SSSR count). The molecule has 0 atom stereocenters. The van der Waals surface area contributed by atoms with Crippen molar-refractivity contribution in [1.29, 1.82) is 0 Å². The summed E-state index contributed by atoms with van der Waals surface area (Å²) in [6, 6.07) is 6.94. The molecule has 0 aliphatic heterocycles. The minimum atomic E-state index is -2.44. The lowest BCUT2D eigenvalue weighted by molar-refractivity contribution is -0.120. The highest BCUT2D eigenvalue weighted by Gasteiger charge is 2.51. The minimum absolute atomic E-state index is 0.374. The van der Waals surface area contributed by atoms with E-state index in [4.69, 9.17) is 9.85 Å². The molecule has 3 N–H and O–H groups in total. The Labute approximate surface area is 176 Å². The van der Waals surface area contributed by atoms with Crippen LogP contribution in [0.2, 0.25) is 0 Å². The Hall–Kier alpha value is -3.99. The number of pyridine rings is 2. The molecule has 1 aliphatic carbocycles. The van der Waals surface area contributed by atoms with Crippen molar-refractivity contribution >= 4 is 33.5 Å². The zero-order chi connectivity index (χ0) is 23.4. The lowest BCUT2D eigenvalue weighted by atomic mass is 9.98. The van der Waals surface area contributed by atoms with Crippen LogP contribution in [-0.2, 0) is 17.2 Å². The maximum absolute atomic E-state index is 12.0. The summed E-state index contributed by atoms with van der Waals surface area (Å²) in [5, 5.41) is 12.3. The Kier molecular flexibility index (Phi) is 3.25. The van der Waals surface area contributed by atoms with E-state index in [1.54, 1.807) is 37.6 Å². The van der Waals surface area contributed by atoms with Crippen LogP contribution in [0.5, 0.6) is 0 Å². The van der Waals surface area contributed by atoms with Crippen molar-refractivity contribution in [3.8, 4) is 11.8 Å². The topological polar surface area (TPSA) is 112 Å². The number of hydrogen-bond acceptors (Lipinski definition) is 6. The van der Waals surface area contributed by atoms with Crippen LogP contribution >= 0.6 is 0 Å². The number of primary amides is 1. The van der Waals surface area contributed by atoms with Gasteiger partial charge in [-0.25, -0.2) is 9.67 Å². The van der Waals surface area contributed by atoms with E-state index in [2.05, 4.69) is 37.4 Å². The summed E-state index contributed by atoms with van der Waals surface area (Å²) in [6.45, 7) is -2.44. The molecule has 1 fully saturated rings. The molecule has 1 amide bonds. The average Bonchev–Trinajstić information content (AvgIpc) is 3.49. The summed E-state index contributed by atoms with van der Waals surface area (Å²) in [4.78, 5) is 20.9. The molecule has 1 aromatic carbocycles. The Balaban J connectivity index is 1.62. The van der Waals surface area contributed by atoms with E-state index in [-0.39, 0.29) is 5.91 Å². The number of aromatic nitrogens is 5. The molecule has 3 heterocycles. The molecule has 1 saturated carbocycles. The normalized spacial score (nSPS) is 16.2. The summed E-state index contributed by atoms with van der Waals surface area (Å²) in [6.07, 6.45) is 4.69. The molecule has 3 aromatic heterocycles. The van der Waals surface area contributed by atoms with Crippen LogP contribution in [0.25, 0.3) is 21.8 Å². The first-order valence-electron chi connectivity index (χ1n) is 10.9. The number of aryl methyl sites for hydroxylation is 1. The zero-order valence-corrected chi connectivity index (χ0v) is 16.1. The van der Waals surface area contributed by atoms with Crippen LogP contribution in [0.15, 0.2) is 36.7 Å². The van der Waals surface area contributed by atoms with Gasteiger partial charge < -0.3 is 11.1 Å². The van der Waals surface area contributed by atoms with Crippen LogP contribution in [-0.4, -0.2) is 37.9 Å². The first kappa shape index (κ1) is 14.9. The Bertz CT molecular complexity index is 1490. The molecule has 8 heteroatoms.